The number of amides is 1. The van der Waals surface area contributed by atoms with Crippen LogP contribution in [0.15, 0.2) is 34.7 Å². The molecule has 0 bridgehead atoms. The molecule has 8 heteroatoms. The molecule has 24 heavy (non-hydrogen) atoms. The highest BCUT2D eigenvalue weighted by Crippen LogP contribution is 2.13. The Bertz CT molecular complexity index is 783. The van der Waals surface area contributed by atoms with E-state index in [0.717, 1.165) is 17.7 Å². The number of carbonyl (C=O) groups is 1. The normalized spacial score (nSPS) is 11.4. The van der Waals surface area contributed by atoms with E-state index in [2.05, 4.69) is 15.0 Å². The zero-order chi connectivity index (χ0) is 17.6. The smallest absolute Gasteiger partial charge is 0.240 e. The average molecular weight is 367 g/mol. The van der Waals surface area contributed by atoms with Gasteiger partial charge in [-0.1, -0.05) is 12.1 Å². The summed E-state index contributed by atoms with van der Waals surface area (Å²) < 4.78 is 25.5. The minimum atomic E-state index is -3.42. The van der Waals surface area contributed by atoms with E-state index < -0.39 is 10.0 Å². The molecule has 0 aliphatic carbocycles. The highest BCUT2D eigenvalue weighted by molar-refractivity contribution is 7.89. The third-order valence-corrected chi connectivity index (χ3v) is 6.09. The zero-order valence-corrected chi connectivity index (χ0v) is 15.3. The Morgan fingerprint density at radius 1 is 1.21 bits per heavy atom. The van der Waals surface area contributed by atoms with Gasteiger partial charge in [0.25, 0.3) is 0 Å². The molecule has 1 aromatic heterocycles. The van der Waals surface area contributed by atoms with E-state index in [1.807, 2.05) is 12.4 Å². The van der Waals surface area contributed by atoms with Gasteiger partial charge in [0.15, 0.2) is 0 Å². The molecular weight excluding hydrogens is 346 g/mol. The van der Waals surface area contributed by atoms with Gasteiger partial charge in [-0.3, -0.25) is 4.79 Å². The van der Waals surface area contributed by atoms with Gasteiger partial charge in [0.1, 0.15) is 0 Å². The van der Waals surface area contributed by atoms with Gasteiger partial charge < -0.3 is 5.32 Å². The van der Waals surface area contributed by atoms with Gasteiger partial charge in [-0.25, -0.2) is 18.1 Å². The largest absolute Gasteiger partial charge is 0.356 e. The SMILES string of the molecule is CNS(=O)(=O)c1ccc(CCC(=O)NCCc2scnc2C)cc1. The summed E-state index contributed by atoms with van der Waals surface area (Å²) in [5, 5.41) is 2.90. The molecule has 0 fully saturated rings. The highest BCUT2D eigenvalue weighted by Gasteiger charge is 2.10. The van der Waals surface area contributed by atoms with Crippen molar-refractivity contribution in [2.45, 2.75) is 31.1 Å². The van der Waals surface area contributed by atoms with E-state index in [0.29, 0.717) is 19.4 Å². The maximum absolute atomic E-state index is 11.9. The van der Waals surface area contributed by atoms with Crippen LogP contribution >= 0.6 is 11.3 Å². The molecule has 1 aromatic carbocycles. The number of thiazole rings is 1. The number of carbonyl (C=O) groups excluding carboxylic acids is 1. The summed E-state index contributed by atoms with van der Waals surface area (Å²) in [6, 6.07) is 6.56. The summed E-state index contributed by atoms with van der Waals surface area (Å²) in [6.07, 6.45) is 1.74. The van der Waals surface area contributed by atoms with Crippen LogP contribution in [-0.2, 0) is 27.7 Å². The van der Waals surface area contributed by atoms with Gasteiger partial charge >= 0.3 is 0 Å². The first-order valence-electron chi connectivity index (χ1n) is 7.60. The van der Waals surface area contributed by atoms with Crippen LogP contribution in [0.2, 0.25) is 0 Å². The molecule has 1 amide bonds. The van der Waals surface area contributed by atoms with Crippen molar-refractivity contribution in [2.75, 3.05) is 13.6 Å². The van der Waals surface area contributed by atoms with E-state index in [1.54, 1.807) is 35.6 Å². The standard InChI is InChI=1S/C16H21N3O3S2/c1-12-15(23-11-19-12)9-10-18-16(20)8-5-13-3-6-14(7-4-13)24(21,22)17-2/h3-4,6-7,11,17H,5,8-10H2,1-2H3,(H,18,20). The van der Waals surface area contributed by atoms with E-state index >= 15 is 0 Å². The molecule has 0 radical (unpaired) electrons. The van der Waals surface area contributed by atoms with Gasteiger partial charge in [-0.2, -0.15) is 0 Å². The van der Waals surface area contributed by atoms with E-state index in [-0.39, 0.29) is 10.8 Å². The first-order chi connectivity index (χ1) is 11.4. The van der Waals surface area contributed by atoms with Gasteiger partial charge in [-0.05, 0) is 38.1 Å². The number of sulfonamides is 1. The second-order valence-electron chi connectivity index (χ2n) is 5.31. The lowest BCUT2D eigenvalue weighted by Crippen LogP contribution is -2.25. The van der Waals surface area contributed by atoms with Crippen molar-refractivity contribution in [3.63, 3.8) is 0 Å². The molecule has 130 valence electrons. The number of aromatic nitrogens is 1. The summed E-state index contributed by atoms with van der Waals surface area (Å²) in [4.78, 5) is 17.5. The van der Waals surface area contributed by atoms with Crippen LogP contribution in [-0.4, -0.2) is 32.9 Å². The molecule has 6 nitrogen and oxygen atoms in total. The average Bonchev–Trinajstić information content (AvgIpc) is 2.98. The number of hydrogen-bond donors (Lipinski definition) is 2. The number of nitrogens with one attached hydrogen (secondary N) is 2. The fourth-order valence-electron chi connectivity index (χ4n) is 2.18. The fourth-order valence-corrected chi connectivity index (χ4v) is 3.69. The lowest BCUT2D eigenvalue weighted by molar-refractivity contribution is -0.121. The Balaban J connectivity index is 1.76. The predicted molar refractivity (Wildman–Crippen MR) is 94.6 cm³/mol. The lowest BCUT2D eigenvalue weighted by atomic mass is 10.1. The van der Waals surface area contributed by atoms with Crippen molar-refractivity contribution < 1.29 is 13.2 Å². The summed E-state index contributed by atoms with van der Waals surface area (Å²) in [5.41, 5.74) is 3.76. The van der Waals surface area contributed by atoms with E-state index in [9.17, 15) is 13.2 Å². The van der Waals surface area contributed by atoms with Crippen molar-refractivity contribution in [2.24, 2.45) is 0 Å². The molecule has 2 rings (SSSR count). The monoisotopic (exact) mass is 367 g/mol. The molecule has 0 unspecified atom stereocenters. The molecule has 0 atom stereocenters. The summed E-state index contributed by atoms with van der Waals surface area (Å²) in [5.74, 6) is -0.0101. The molecule has 2 aromatic rings. The number of aryl methyl sites for hydroxylation is 2. The predicted octanol–water partition coefficient (Wildman–Crippen LogP) is 1.65. The maximum atomic E-state index is 11.9. The summed E-state index contributed by atoms with van der Waals surface area (Å²) in [6.45, 7) is 2.56. The topological polar surface area (TPSA) is 88.2 Å². The first-order valence-corrected chi connectivity index (χ1v) is 9.97. The van der Waals surface area contributed by atoms with Crippen LogP contribution in [0.25, 0.3) is 0 Å². The van der Waals surface area contributed by atoms with Crippen LogP contribution < -0.4 is 10.0 Å². The molecule has 0 spiro atoms. The molecule has 2 N–H and O–H groups in total. The van der Waals surface area contributed by atoms with Gasteiger partial charge in [0, 0.05) is 24.3 Å². The van der Waals surface area contributed by atoms with Crippen molar-refractivity contribution in [1.82, 2.24) is 15.0 Å². The second-order valence-corrected chi connectivity index (χ2v) is 8.14. The third-order valence-electron chi connectivity index (χ3n) is 3.66. The van der Waals surface area contributed by atoms with Crippen molar-refractivity contribution >= 4 is 27.3 Å². The molecule has 0 saturated carbocycles. The number of benzene rings is 1. The van der Waals surface area contributed by atoms with Crippen LogP contribution in [0.1, 0.15) is 22.6 Å². The molecule has 0 aliphatic heterocycles. The van der Waals surface area contributed by atoms with Crippen molar-refractivity contribution in [3.05, 3.63) is 45.9 Å². The Kier molecular flexibility index (Phi) is 6.47. The Morgan fingerprint density at radius 3 is 2.50 bits per heavy atom. The number of hydrogen-bond acceptors (Lipinski definition) is 5. The van der Waals surface area contributed by atoms with Gasteiger partial charge in [-0.15, -0.1) is 11.3 Å². The molecule has 1 heterocycles. The summed E-state index contributed by atoms with van der Waals surface area (Å²) >= 11 is 1.60. The fraction of sp³-hybridized carbons (Fsp3) is 0.375. The van der Waals surface area contributed by atoms with Crippen LogP contribution in [0, 0.1) is 6.92 Å². The van der Waals surface area contributed by atoms with Crippen LogP contribution in [0.3, 0.4) is 0 Å². The van der Waals surface area contributed by atoms with Crippen molar-refractivity contribution in [1.29, 1.82) is 0 Å². The molecule has 0 aliphatic rings. The van der Waals surface area contributed by atoms with Gasteiger partial charge in [0.2, 0.25) is 15.9 Å². The van der Waals surface area contributed by atoms with Crippen LogP contribution in [0.5, 0.6) is 0 Å². The molecular formula is C16H21N3O3S2. The van der Waals surface area contributed by atoms with E-state index in [1.165, 1.54) is 11.9 Å². The van der Waals surface area contributed by atoms with Crippen molar-refractivity contribution in [3.8, 4) is 0 Å². The minimum Gasteiger partial charge on any atom is -0.356 e. The zero-order valence-electron chi connectivity index (χ0n) is 13.7. The lowest BCUT2D eigenvalue weighted by Gasteiger charge is -2.06. The first kappa shape index (κ1) is 18.6. The number of rotatable bonds is 8. The minimum absolute atomic E-state index is 0.0101. The second kappa shape index (κ2) is 8.36. The highest BCUT2D eigenvalue weighted by atomic mass is 32.2. The van der Waals surface area contributed by atoms with E-state index in [4.69, 9.17) is 0 Å². The maximum Gasteiger partial charge on any atom is 0.240 e. The Morgan fingerprint density at radius 2 is 1.92 bits per heavy atom. The van der Waals surface area contributed by atoms with Gasteiger partial charge in [0.05, 0.1) is 16.1 Å². The third kappa shape index (κ3) is 5.12. The molecule has 0 saturated heterocycles. The van der Waals surface area contributed by atoms with Crippen LogP contribution in [0.4, 0.5) is 0 Å². The Labute approximate surface area is 146 Å². The summed E-state index contributed by atoms with van der Waals surface area (Å²) in [7, 11) is -2.04. The quantitative estimate of drug-likeness (QED) is 0.743. The number of nitrogens with zero attached hydrogens (tertiary/aromatic N) is 1. The Hall–Kier alpha value is -1.77.